The number of amides is 2. The van der Waals surface area contributed by atoms with E-state index >= 15 is 0 Å². The third kappa shape index (κ3) is 6.11. The Labute approximate surface area is 194 Å². The molecule has 1 atom stereocenters. The topological polar surface area (TPSA) is 58.6 Å². The first-order valence-corrected chi connectivity index (χ1v) is 10.9. The molecule has 0 aromatic heterocycles. The number of ether oxygens (including phenoxy) is 1. The molecule has 3 rings (SSSR count). The zero-order valence-electron chi connectivity index (χ0n) is 18.3. The number of benzene rings is 3. The van der Waals surface area contributed by atoms with Gasteiger partial charge in [-0.1, -0.05) is 73.1 Å². The van der Waals surface area contributed by atoms with Crippen molar-refractivity contribution in [2.75, 3.05) is 7.11 Å². The lowest BCUT2D eigenvalue weighted by molar-refractivity contribution is -0.141. The molecule has 0 unspecified atom stereocenters. The highest BCUT2D eigenvalue weighted by Gasteiger charge is 2.30. The van der Waals surface area contributed by atoms with Gasteiger partial charge in [0.2, 0.25) is 11.8 Å². The molecule has 0 aliphatic carbocycles. The van der Waals surface area contributed by atoms with Crippen LogP contribution in [0, 0.1) is 0 Å². The number of halogens is 1. The molecule has 1 N–H and O–H groups in total. The fraction of sp³-hybridized carbons (Fsp3) is 0.231. The van der Waals surface area contributed by atoms with E-state index in [1.165, 1.54) is 0 Å². The maximum absolute atomic E-state index is 13.4. The van der Waals surface area contributed by atoms with Gasteiger partial charge in [0.15, 0.2) is 0 Å². The molecule has 0 aliphatic rings. The van der Waals surface area contributed by atoms with Gasteiger partial charge >= 0.3 is 0 Å². The average molecular weight is 451 g/mol. The molecule has 0 bridgehead atoms. The Kier molecular flexibility index (Phi) is 8.28. The largest absolute Gasteiger partial charge is 0.497 e. The molecular weight excluding hydrogens is 424 g/mol. The fourth-order valence-corrected chi connectivity index (χ4v) is 3.58. The Hall–Kier alpha value is -3.31. The van der Waals surface area contributed by atoms with E-state index in [1.54, 1.807) is 31.1 Å². The van der Waals surface area contributed by atoms with Crippen LogP contribution >= 0.6 is 11.6 Å². The summed E-state index contributed by atoms with van der Waals surface area (Å²) in [6.45, 7) is 2.45. The summed E-state index contributed by atoms with van der Waals surface area (Å²) in [7, 11) is 1.61. The number of hydrogen-bond acceptors (Lipinski definition) is 3. The molecule has 32 heavy (non-hydrogen) atoms. The van der Waals surface area contributed by atoms with Crippen molar-refractivity contribution >= 4 is 23.4 Å². The van der Waals surface area contributed by atoms with Crippen LogP contribution in [0.4, 0.5) is 0 Å². The maximum Gasteiger partial charge on any atom is 0.247 e. The molecule has 166 valence electrons. The molecule has 0 aliphatic heterocycles. The first-order valence-electron chi connectivity index (χ1n) is 10.5. The summed E-state index contributed by atoms with van der Waals surface area (Å²) < 4.78 is 5.19. The highest BCUT2D eigenvalue weighted by molar-refractivity contribution is 6.30. The number of hydrogen-bond donors (Lipinski definition) is 1. The Morgan fingerprint density at radius 2 is 1.56 bits per heavy atom. The Bertz CT molecular complexity index is 1020. The summed E-state index contributed by atoms with van der Waals surface area (Å²) in [5.74, 6) is 0.418. The van der Waals surface area contributed by atoms with Gasteiger partial charge in [0.1, 0.15) is 11.8 Å². The normalized spacial score (nSPS) is 11.5. The van der Waals surface area contributed by atoms with E-state index in [1.807, 2.05) is 66.7 Å². The van der Waals surface area contributed by atoms with E-state index in [-0.39, 0.29) is 11.8 Å². The zero-order chi connectivity index (χ0) is 22.9. The summed E-state index contributed by atoms with van der Waals surface area (Å²) in [4.78, 5) is 28.0. The quantitative estimate of drug-likeness (QED) is 0.490. The highest BCUT2D eigenvalue weighted by atomic mass is 35.5. The van der Waals surface area contributed by atoms with Gasteiger partial charge in [0.05, 0.1) is 7.11 Å². The van der Waals surface area contributed by atoms with Gasteiger partial charge in [0, 0.05) is 24.5 Å². The van der Waals surface area contributed by atoms with Crippen LogP contribution in [-0.2, 0) is 22.7 Å². The van der Waals surface area contributed by atoms with Gasteiger partial charge in [-0.3, -0.25) is 9.59 Å². The maximum atomic E-state index is 13.4. The number of rotatable bonds is 9. The Morgan fingerprint density at radius 1 is 0.938 bits per heavy atom. The van der Waals surface area contributed by atoms with Crippen LogP contribution in [0.15, 0.2) is 78.9 Å². The molecule has 0 radical (unpaired) electrons. The van der Waals surface area contributed by atoms with Crippen LogP contribution < -0.4 is 10.1 Å². The van der Waals surface area contributed by atoms with Gasteiger partial charge in [-0.05, 0) is 41.0 Å². The lowest BCUT2D eigenvalue weighted by Crippen LogP contribution is -2.43. The molecule has 0 saturated heterocycles. The minimum absolute atomic E-state index is 0.103. The molecule has 0 saturated carbocycles. The second-order valence-corrected chi connectivity index (χ2v) is 7.82. The number of methoxy groups -OCH3 is 1. The minimum Gasteiger partial charge on any atom is -0.497 e. The van der Waals surface area contributed by atoms with Crippen LogP contribution in [0.25, 0.3) is 0 Å². The predicted octanol–water partition coefficient (Wildman–Crippen LogP) is 5.14. The summed E-state index contributed by atoms with van der Waals surface area (Å²) in [6, 6.07) is 23.4. The monoisotopic (exact) mass is 450 g/mol. The van der Waals surface area contributed by atoms with E-state index in [0.29, 0.717) is 24.5 Å². The number of nitrogens with one attached hydrogen (secondary N) is 1. The third-order valence-corrected chi connectivity index (χ3v) is 5.44. The zero-order valence-corrected chi connectivity index (χ0v) is 19.0. The lowest BCUT2D eigenvalue weighted by atomic mass is 10.0. The van der Waals surface area contributed by atoms with Crippen molar-refractivity contribution in [3.05, 3.63) is 101 Å². The van der Waals surface area contributed by atoms with E-state index in [2.05, 4.69) is 5.32 Å². The van der Waals surface area contributed by atoms with Crippen LogP contribution in [0.3, 0.4) is 0 Å². The van der Waals surface area contributed by atoms with Crippen LogP contribution in [0.2, 0.25) is 5.02 Å². The molecule has 3 aromatic carbocycles. The van der Waals surface area contributed by atoms with Gasteiger partial charge in [-0.15, -0.1) is 0 Å². The van der Waals surface area contributed by atoms with Crippen molar-refractivity contribution in [2.24, 2.45) is 0 Å². The molecule has 0 spiro atoms. The second kappa shape index (κ2) is 11.3. The standard InChI is InChI=1S/C26H27ClN2O3/c1-3-24(30)29(18-20-9-13-22(27)14-10-20)25(21-7-5-4-6-8-21)26(31)28-17-19-11-15-23(32-2)16-12-19/h4-16,25H,3,17-18H2,1-2H3,(H,28,31)/t25-/m0/s1. The smallest absolute Gasteiger partial charge is 0.247 e. The highest BCUT2D eigenvalue weighted by Crippen LogP contribution is 2.25. The predicted molar refractivity (Wildman–Crippen MR) is 126 cm³/mol. The van der Waals surface area contributed by atoms with Crippen LogP contribution in [0.1, 0.15) is 36.1 Å². The van der Waals surface area contributed by atoms with Gasteiger partial charge in [-0.2, -0.15) is 0 Å². The molecule has 5 nitrogen and oxygen atoms in total. The van der Waals surface area contributed by atoms with Crippen LogP contribution in [0.5, 0.6) is 5.75 Å². The lowest BCUT2D eigenvalue weighted by Gasteiger charge is -2.31. The van der Waals surface area contributed by atoms with Crippen molar-refractivity contribution in [3.8, 4) is 5.75 Å². The number of carbonyl (C=O) groups excluding carboxylic acids is 2. The SMILES string of the molecule is CCC(=O)N(Cc1ccc(Cl)cc1)[C@H](C(=O)NCc1ccc(OC)cc1)c1ccccc1. The summed E-state index contributed by atoms with van der Waals surface area (Å²) in [5.41, 5.74) is 2.60. The average Bonchev–Trinajstić information content (AvgIpc) is 2.84. The van der Waals surface area contributed by atoms with E-state index in [9.17, 15) is 9.59 Å². The van der Waals surface area contributed by atoms with Crippen molar-refractivity contribution in [3.63, 3.8) is 0 Å². The van der Waals surface area contributed by atoms with Gasteiger partial charge < -0.3 is 15.0 Å². The van der Waals surface area contributed by atoms with Crippen molar-refractivity contribution in [1.82, 2.24) is 10.2 Å². The van der Waals surface area contributed by atoms with E-state index in [0.717, 1.165) is 22.4 Å². The first-order chi connectivity index (χ1) is 15.5. The van der Waals surface area contributed by atoms with Gasteiger partial charge in [-0.25, -0.2) is 0 Å². The molecular formula is C26H27ClN2O3. The molecule has 2 amide bonds. The number of nitrogens with zero attached hydrogens (tertiary/aromatic N) is 1. The molecule has 0 fully saturated rings. The van der Waals surface area contributed by atoms with E-state index in [4.69, 9.17) is 16.3 Å². The molecule has 6 heteroatoms. The van der Waals surface area contributed by atoms with Crippen molar-refractivity contribution in [2.45, 2.75) is 32.5 Å². The Morgan fingerprint density at radius 3 is 2.16 bits per heavy atom. The summed E-state index contributed by atoms with van der Waals surface area (Å²) in [5, 5.41) is 3.62. The Balaban J connectivity index is 1.86. The van der Waals surface area contributed by atoms with Gasteiger partial charge in [0.25, 0.3) is 0 Å². The van der Waals surface area contributed by atoms with E-state index < -0.39 is 6.04 Å². The number of carbonyl (C=O) groups is 2. The van der Waals surface area contributed by atoms with Crippen molar-refractivity contribution in [1.29, 1.82) is 0 Å². The second-order valence-electron chi connectivity index (χ2n) is 7.38. The summed E-state index contributed by atoms with van der Waals surface area (Å²) >= 11 is 6.01. The minimum atomic E-state index is -0.752. The molecule has 0 heterocycles. The molecule has 3 aromatic rings. The summed E-state index contributed by atoms with van der Waals surface area (Å²) in [6.07, 6.45) is 0.294. The first kappa shape index (κ1) is 23.4. The van der Waals surface area contributed by atoms with Crippen LogP contribution in [-0.4, -0.2) is 23.8 Å². The third-order valence-electron chi connectivity index (χ3n) is 5.19. The van der Waals surface area contributed by atoms with Crippen molar-refractivity contribution < 1.29 is 14.3 Å². The fourth-order valence-electron chi connectivity index (χ4n) is 3.45.